The predicted octanol–water partition coefficient (Wildman–Crippen LogP) is 2.14. The van der Waals surface area contributed by atoms with Crippen LogP contribution in [0.5, 0.6) is 11.5 Å². The molecule has 0 saturated carbocycles. The van der Waals surface area contributed by atoms with Gasteiger partial charge in [0.1, 0.15) is 11.5 Å². The normalized spacial score (nSPS) is 11.1. The number of benzene rings is 2. The number of hydrogen-bond donors (Lipinski definition) is 2. The minimum atomic E-state index is -0.827. The monoisotopic (exact) mass is 256 g/mol. The lowest BCUT2D eigenvalue weighted by Crippen LogP contribution is -2.24. The topological polar surface area (TPSA) is 84.9 Å². The van der Waals surface area contributed by atoms with Crippen LogP contribution in [0.25, 0.3) is 0 Å². The molecule has 5 heteroatoms. The number of primary amides is 1. The van der Waals surface area contributed by atoms with Crippen LogP contribution in [0.4, 0.5) is 0 Å². The molecule has 19 heavy (non-hydrogen) atoms. The molecule has 0 atom stereocenters. The minimum absolute atomic E-state index is 0.244. The summed E-state index contributed by atoms with van der Waals surface area (Å²) in [5, 5.41) is 11.8. The molecule has 0 aliphatic heterocycles. The summed E-state index contributed by atoms with van der Waals surface area (Å²) in [5.41, 5.74) is 5.25. The zero-order valence-corrected chi connectivity index (χ0v) is 9.98. The lowest BCUT2D eigenvalue weighted by Gasteiger charge is -2.10. The summed E-state index contributed by atoms with van der Waals surface area (Å²) in [6.45, 7) is 0. The van der Waals surface area contributed by atoms with E-state index in [0.717, 1.165) is 0 Å². The van der Waals surface area contributed by atoms with Gasteiger partial charge in [-0.05, 0) is 24.3 Å². The van der Waals surface area contributed by atoms with Crippen molar-refractivity contribution in [3.8, 4) is 11.5 Å². The zero-order valence-electron chi connectivity index (χ0n) is 9.98. The summed E-state index contributed by atoms with van der Waals surface area (Å²) in [4.78, 5) is 11.2. The Morgan fingerprint density at radius 3 is 2.32 bits per heavy atom. The lowest BCUT2D eigenvalue weighted by molar-refractivity contribution is -0.112. The highest BCUT2D eigenvalue weighted by molar-refractivity contribution is 6.45. The van der Waals surface area contributed by atoms with E-state index >= 15 is 0 Å². The van der Waals surface area contributed by atoms with Gasteiger partial charge < -0.3 is 15.7 Å². The smallest absolute Gasteiger partial charge is 0.271 e. The maximum Gasteiger partial charge on any atom is 0.271 e. The van der Waals surface area contributed by atoms with Gasteiger partial charge in [0.05, 0.1) is 5.56 Å². The number of amides is 1. The molecular weight excluding hydrogens is 244 g/mol. The van der Waals surface area contributed by atoms with Crippen LogP contribution < -0.4 is 10.5 Å². The van der Waals surface area contributed by atoms with Gasteiger partial charge in [-0.2, -0.15) is 0 Å². The van der Waals surface area contributed by atoms with E-state index in [2.05, 4.69) is 5.16 Å². The number of carbonyl (C=O) groups is 1. The largest absolute Gasteiger partial charge is 0.457 e. The highest BCUT2D eigenvalue weighted by atomic mass is 16.5. The molecule has 0 fully saturated rings. The Morgan fingerprint density at radius 2 is 1.68 bits per heavy atom. The molecule has 5 nitrogen and oxygen atoms in total. The molecule has 0 saturated heterocycles. The van der Waals surface area contributed by atoms with Gasteiger partial charge in [-0.15, -0.1) is 0 Å². The van der Waals surface area contributed by atoms with Crippen molar-refractivity contribution in [2.75, 3.05) is 0 Å². The van der Waals surface area contributed by atoms with Gasteiger partial charge in [-0.25, -0.2) is 0 Å². The molecule has 96 valence electrons. The van der Waals surface area contributed by atoms with E-state index in [1.54, 1.807) is 36.4 Å². The summed E-state index contributed by atoms with van der Waals surface area (Å²) in [5.74, 6) is 0.170. The molecule has 0 bridgehead atoms. The third-order valence-corrected chi connectivity index (χ3v) is 2.45. The van der Waals surface area contributed by atoms with Crippen molar-refractivity contribution < 1.29 is 14.7 Å². The number of carbonyl (C=O) groups excluding carboxylic acids is 1. The summed E-state index contributed by atoms with van der Waals surface area (Å²) in [7, 11) is 0. The summed E-state index contributed by atoms with van der Waals surface area (Å²) >= 11 is 0. The van der Waals surface area contributed by atoms with Crippen LogP contribution in [0.15, 0.2) is 59.8 Å². The van der Waals surface area contributed by atoms with Crippen molar-refractivity contribution >= 4 is 11.6 Å². The first kappa shape index (κ1) is 12.6. The number of rotatable bonds is 4. The molecule has 0 spiro atoms. The van der Waals surface area contributed by atoms with Crippen molar-refractivity contribution in [2.24, 2.45) is 10.9 Å². The Hall–Kier alpha value is -2.82. The molecule has 0 unspecified atom stereocenters. The highest BCUT2D eigenvalue weighted by Crippen LogP contribution is 2.25. The number of oxime groups is 1. The molecule has 2 rings (SSSR count). The molecule has 0 radical (unpaired) electrons. The van der Waals surface area contributed by atoms with Crippen LogP contribution in [-0.4, -0.2) is 16.8 Å². The van der Waals surface area contributed by atoms with Crippen molar-refractivity contribution in [3.05, 3.63) is 60.2 Å². The molecule has 2 aromatic rings. The van der Waals surface area contributed by atoms with E-state index in [-0.39, 0.29) is 5.71 Å². The van der Waals surface area contributed by atoms with Crippen molar-refractivity contribution in [1.82, 2.24) is 0 Å². The number of hydrogen-bond acceptors (Lipinski definition) is 4. The minimum Gasteiger partial charge on any atom is -0.457 e. The second kappa shape index (κ2) is 5.68. The fourth-order valence-corrected chi connectivity index (χ4v) is 1.60. The first-order valence-electron chi connectivity index (χ1n) is 5.56. The van der Waals surface area contributed by atoms with Crippen molar-refractivity contribution in [3.63, 3.8) is 0 Å². The van der Waals surface area contributed by atoms with E-state index in [9.17, 15) is 4.79 Å². The zero-order chi connectivity index (χ0) is 13.7. The van der Waals surface area contributed by atoms with Gasteiger partial charge >= 0.3 is 0 Å². The molecule has 1 amide bonds. The van der Waals surface area contributed by atoms with Gasteiger partial charge in [0, 0.05) is 0 Å². The Morgan fingerprint density at radius 1 is 1.05 bits per heavy atom. The molecule has 0 heterocycles. The molecule has 0 aliphatic rings. The molecular formula is C14H12N2O3. The van der Waals surface area contributed by atoms with Gasteiger partial charge in [0.15, 0.2) is 5.71 Å². The van der Waals surface area contributed by atoms with Crippen LogP contribution in [0, 0.1) is 0 Å². The van der Waals surface area contributed by atoms with E-state index in [4.69, 9.17) is 15.7 Å². The lowest BCUT2D eigenvalue weighted by atomic mass is 10.1. The second-order valence-electron chi connectivity index (χ2n) is 3.72. The number of para-hydroxylation sites is 2. The fourth-order valence-electron chi connectivity index (χ4n) is 1.60. The molecule has 0 aromatic heterocycles. The second-order valence-corrected chi connectivity index (χ2v) is 3.72. The highest BCUT2D eigenvalue weighted by Gasteiger charge is 2.16. The number of nitrogens with zero attached hydrogens (tertiary/aromatic N) is 1. The third kappa shape index (κ3) is 2.90. The van der Waals surface area contributed by atoms with Gasteiger partial charge in [0.2, 0.25) is 0 Å². The molecule has 2 aromatic carbocycles. The van der Waals surface area contributed by atoms with E-state index in [0.29, 0.717) is 17.1 Å². The Kier molecular flexibility index (Phi) is 3.78. The van der Waals surface area contributed by atoms with E-state index in [1.165, 1.54) is 0 Å². The fraction of sp³-hybridized carbons (Fsp3) is 0. The Balaban J connectivity index is 2.39. The van der Waals surface area contributed by atoms with Crippen LogP contribution in [0.1, 0.15) is 5.56 Å². The van der Waals surface area contributed by atoms with E-state index in [1.807, 2.05) is 18.2 Å². The van der Waals surface area contributed by atoms with Crippen LogP contribution >= 0.6 is 0 Å². The molecule has 0 aliphatic carbocycles. The summed E-state index contributed by atoms with van der Waals surface area (Å²) in [6.07, 6.45) is 0. The van der Waals surface area contributed by atoms with Crippen LogP contribution in [-0.2, 0) is 4.79 Å². The quantitative estimate of drug-likeness (QED) is 0.499. The predicted molar refractivity (Wildman–Crippen MR) is 70.5 cm³/mol. The van der Waals surface area contributed by atoms with Crippen molar-refractivity contribution in [1.29, 1.82) is 0 Å². The molecule has 3 N–H and O–H groups in total. The average Bonchev–Trinajstić information content (AvgIpc) is 2.42. The number of nitrogens with two attached hydrogens (primary N) is 1. The maximum absolute atomic E-state index is 11.2. The first-order valence-corrected chi connectivity index (χ1v) is 5.56. The summed E-state index contributed by atoms with van der Waals surface area (Å²) < 4.78 is 5.64. The van der Waals surface area contributed by atoms with Gasteiger partial charge in [-0.3, -0.25) is 4.79 Å². The van der Waals surface area contributed by atoms with Gasteiger partial charge in [0.25, 0.3) is 5.91 Å². The first-order chi connectivity index (χ1) is 9.22. The third-order valence-electron chi connectivity index (χ3n) is 2.45. The summed E-state index contributed by atoms with van der Waals surface area (Å²) in [6, 6.07) is 15.8. The SMILES string of the molecule is NC(=O)/C(=N\O)c1ccccc1Oc1ccccc1. The Labute approximate surface area is 109 Å². The maximum atomic E-state index is 11.2. The van der Waals surface area contributed by atoms with Crippen molar-refractivity contribution in [2.45, 2.75) is 0 Å². The standard InChI is InChI=1S/C14H12N2O3/c15-14(17)13(16-18)11-8-4-5-9-12(11)19-10-6-2-1-3-7-10/h1-9,18H,(H2,15,17)/b16-13-. The Bertz CT molecular complexity index is 609. The average molecular weight is 256 g/mol. The van der Waals surface area contributed by atoms with E-state index < -0.39 is 5.91 Å². The number of ether oxygens (including phenoxy) is 1. The van der Waals surface area contributed by atoms with Crippen LogP contribution in [0.3, 0.4) is 0 Å². The van der Waals surface area contributed by atoms with Gasteiger partial charge in [-0.1, -0.05) is 35.5 Å². The van der Waals surface area contributed by atoms with Crippen LogP contribution in [0.2, 0.25) is 0 Å².